The Bertz CT molecular complexity index is 266. The van der Waals surface area contributed by atoms with E-state index in [4.69, 9.17) is 0 Å². The molecule has 1 aliphatic carbocycles. The summed E-state index contributed by atoms with van der Waals surface area (Å²) in [7, 11) is 2.11. The molecular weight excluding hydrogens is 234 g/mol. The van der Waals surface area contributed by atoms with Crippen LogP contribution in [0.15, 0.2) is 0 Å². The first-order valence-electron chi connectivity index (χ1n) is 6.57. The Labute approximate surface area is 109 Å². The molecule has 5 heteroatoms. The molecule has 0 radical (unpaired) electrons. The zero-order chi connectivity index (χ0) is 12.3. The van der Waals surface area contributed by atoms with Gasteiger partial charge in [-0.05, 0) is 26.3 Å². The molecule has 1 saturated carbocycles. The van der Waals surface area contributed by atoms with Gasteiger partial charge in [0, 0.05) is 38.1 Å². The molecule has 1 heterocycles. The van der Waals surface area contributed by atoms with Crippen LogP contribution in [0.25, 0.3) is 0 Å². The van der Waals surface area contributed by atoms with Crippen molar-refractivity contribution in [3.05, 3.63) is 0 Å². The zero-order valence-corrected chi connectivity index (χ0v) is 11.5. The van der Waals surface area contributed by atoms with Gasteiger partial charge in [0.1, 0.15) is 0 Å². The SMILES string of the molecule is CN1CCN(C(=O)C2CCCC(NS)C2)CC1. The summed E-state index contributed by atoms with van der Waals surface area (Å²) in [6, 6.07) is 0.411. The summed E-state index contributed by atoms with van der Waals surface area (Å²) in [5, 5.41) is 0. The van der Waals surface area contributed by atoms with Crippen LogP contribution < -0.4 is 4.72 Å². The van der Waals surface area contributed by atoms with Crippen LogP contribution in [0.2, 0.25) is 0 Å². The Balaban J connectivity index is 1.86. The van der Waals surface area contributed by atoms with Crippen molar-refractivity contribution in [2.24, 2.45) is 5.92 Å². The molecule has 2 unspecified atom stereocenters. The minimum Gasteiger partial charge on any atom is -0.340 e. The molecule has 2 atom stereocenters. The highest BCUT2D eigenvalue weighted by molar-refractivity contribution is 7.78. The Morgan fingerprint density at radius 3 is 2.59 bits per heavy atom. The molecule has 98 valence electrons. The molecule has 4 nitrogen and oxygen atoms in total. The number of likely N-dealkylation sites (N-methyl/N-ethyl adjacent to an activating group) is 1. The number of rotatable bonds is 2. The largest absolute Gasteiger partial charge is 0.340 e. The predicted octanol–water partition coefficient (Wildman–Crippen LogP) is 0.754. The molecule has 1 N–H and O–H groups in total. The standard InChI is InChI=1S/C12H23N3OS/c1-14-5-7-15(8-6-14)12(16)10-3-2-4-11(9-10)13-17/h10-11,13,17H,2-9H2,1H3. The summed E-state index contributed by atoms with van der Waals surface area (Å²) in [4.78, 5) is 16.7. The van der Waals surface area contributed by atoms with Gasteiger partial charge in [-0.15, -0.1) is 0 Å². The summed E-state index contributed by atoms with van der Waals surface area (Å²) in [6.07, 6.45) is 4.30. The molecule has 2 rings (SSSR count). The maximum Gasteiger partial charge on any atom is 0.225 e. The quantitative estimate of drug-likeness (QED) is 0.717. The average Bonchev–Trinajstić information content (AvgIpc) is 2.39. The van der Waals surface area contributed by atoms with Crippen LogP contribution >= 0.6 is 12.8 Å². The van der Waals surface area contributed by atoms with Crippen molar-refractivity contribution in [3.63, 3.8) is 0 Å². The highest BCUT2D eigenvalue weighted by Gasteiger charge is 2.30. The summed E-state index contributed by atoms with van der Waals surface area (Å²) in [5.74, 6) is 0.586. The highest BCUT2D eigenvalue weighted by Crippen LogP contribution is 2.26. The number of hydrogen-bond donors (Lipinski definition) is 2. The van der Waals surface area contributed by atoms with E-state index in [0.717, 1.165) is 51.9 Å². The lowest BCUT2D eigenvalue weighted by Gasteiger charge is -2.36. The van der Waals surface area contributed by atoms with Crippen LogP contribution in [-0.2, 0) is 4.79 Å². The van der Waals surface area contributed by atoms with E-state index >= 15 is 0 Å². The third-order valence-electron chi connectivity index (χ3n) is 4.02. The van der Waals surface area contributed by atoms with E-state index in [1.165, 1.54) is 0 Å². The molecule has 0 aromatic heterocycles. The van der Waals surface area contributed by atoms with Gasteiger partial charge in [-0.2, -0.15) is 0 Å². The summed E-state index contributed by atoms with van der Waals surface area (Å²) < 4.78 is 3.01. The lowest BCUT2D eigenvalue weighted by atomic mass is 9.85. The van der Waals surface area contributed by atoms with Crippen LogP contribution in [-0.4, -0.2) is 55.0 Å². The van der Waals surface area contributed by atoms with Crippen molar-refractivity contribution in [2.45, 2.75) is 31.7 Å². The van der Waals surface area contributed by atoms with E-state index < -0.39 is 0 Å². The third-order valence-corrected chi connectivity index (χ3v) is 4.39. The molecule has 0 spiro atoms. The van der Waals surface area contributed by atoms with Gasteiger partial charge in [0.15, 0.2) is 0 Å². The van der Waals surface area contributed by atoms with Crippen molar-refractivity contribution >= 4 is 18.7 Å². The number of piperazine rings is 1. The van der Waals surface area contributed by atoms with Gasteiger partial charge in [-0.25, -0.2) is 0 Å². The summed E-state index contributed by atoms with van der Waals surface area (Å²) in [5.41, 5.74) is 0. The van der Waals surface area contributed by atoms with Crippen LogP contribution in [0.3, 0.4) is 0 Å². The van der Waals surface area contributed by atoms with Crippen molar-refractivity contribution in [2.75, 3.05) is 33.2 Å². The van der Waals surface area contributed by atoms with Crippen LogP contribution in [0.1, 0.15) is 25.7 Å². The van der Waals surface area contributed by atoms with Gasteiger partial charge in [0.25, 0.3) is 0 Å². The van der Waals surface area contributed by atoms with Gasteiger partial charge < -0.3 is 9.80 Å². The number of thiol groups is 1. The fraction of sp³-hybridized carbons (Fsp3) is 0.917. The second kappa shape index (κ2) is 6.07. The van der Waals surface area contributed by atoms with Crippen molar-refractivity contribution < 1.29 is 4.79 Å². The predicted molar refractivity (Wildman–Crippen MR) is 71.9 cm³/mol. The first-order chi connectivity index (χ1) is 8.20. The first kappa shape index (κ1) is 13.2. The molecule has 0 aromatic carbocycles. The monoisotopic (exact) mass is 257 g/mol. The van der Waals surface area contributed by atoms with E-state index in [1.807, 2.05) is 4.90 Å². The van der Waals surface area contributed by atoms with E-state index in [0.29, 0.717) is 11.9 Å². The molecule has 1 amide bonds. The first-order valence-corrected chi connectivity index (χ1v) is 7.02. The number of nitrogens with zero attached hydrogens (tertiary/aromatic N) is 2. The topological polar surface area (TPSA) is 35.6 Å². The van der Waals surface area contributed by atoms with E-state index in [1.54, 1.807) is 0 Å². The second-order valence-electron chi connectivity index (χ2n) is 5.32. The minimum absolute atomic E-state index is 0.219. The Hall–Kier alpha value is -0.260. The molecule has 0 aromatic rings. The molecule has 1 saturated heterocycles. The normalized spacial score (nSPS) is 31.5. The van der Waals surface area contributed by atoms with Crippen LogP contribution in [0.4, 0.5) is 0 Å². The van der Waals surface area contributed by atoms with Gasteiger partial charge in [-0.3, -0.25) is 9.52 Å². The van der Waals surface area contributed by atoms with Crippen LogP contribution in [0, 0.1) is 5.92 Å². The van der Waals surface area contributed by atoms with Gasteiger partial charge >= 0.3 is 0 Å². The molecule has 2 fully saturated rings. The van der Waals surface area contributed by atoms with Crippen molar-refractivity contribution in [3.8, 4) is 0 Å². The Morgan fingerprint density at radius 2 is 1.94 bits per heavy atom. The molecule has 17 heavy (non-hydrogen) atoms. The summed E-state index contributed by atoms with van der Waals surface area (Å²) in [6.45, 7) is 3.80. The number of hydrogen-bond acceptors (Lipinski definition) is 4. The lowest BCUT2D eigenvalue weighted by Crippen LogP contribution is -2.50. The number of carbonyl (C=O) groups excluding carboxylic acids is 1. The molecule has 0 bridgehead atoms. The summed E-state index contributed by atoms with van der Waals surface area (Å²) >= 11 is 4.13. The second-order valence-corrected chi connectivity index (χ2v) is 5.58. The van der Waals surface area contributed by atoms with E-state index in [9.17, 15) is 4.79 Å². The van der Waals surface area contributed by atoms with E-state index in [2.05, 4.69) is 29.5 Å². The molecule has 2 aliphatic rings. The highest BCUT2D eigenvalue weighted by atomic mass is 32.1. The fourth-order valence-corrected chi connectivity index (χ4v) is 3.05. The maximum absolute atomic E-state index is 12.4. The Morgan fingerprint density at radius 1 is 1.24 bits per heavy atom. The van der Waals surface area contributed by atoms with E-state index in [-0.39, 0.29) is 5.92 Å². The molecule has 1 aliphatic heterocycles. The molecular formula is C12H23N3OS. The Kier molecular flexibility index (Phi) is 4.70. The third kappa shape index (κ3) is 3.36. The van der Waals surface area contributed by atoms with Gasteiger partial charge in [-0.1, -0.05) is 19.2 Å². The zero-order valence-electron chi connectivity index (χ0n) is 10.6. The van der Waals surface area contributed by atoms with Gasteiger partial charge in [0.2, 0.25) is 5.91 Å². The average molecular weight is 257 g/mol. The minimum atomic E-state index is 0.219. The van der Waals surface area contributed by atoms with Crippen molar-refractivity contribution in [1.82, 2.24) is 14.5 Å². The maximum atomic E-state index is 12.4. The number of amides is 1. The lowest BCUT2D eigenvalue weighted by molar-refractivity contribution is -0.138. The van der Waals surface area contributed by atoms with Crippen molar-refractivity contribution in [1.29, 1.82) is 0 Å². The van der Waals surface area contributed by atoms with Crippen LogP contribution in [0.5, 0.6) is 0 Å². The fourth-order valence-electron chi connectivity index (χ4n) is 2.82. The number of nitrogens with one attached hydrogen (secondary N) is 1. The number of carbonyl (C=O) groups is 1. The smallest absolute Gasteiger partial charge is 0.225 e. The van der Waals surface area contributed by atoms with Gasteiger partial charge in [0.05, 0.1) is 0 Å².